The van der Waals surface area contributed by atoms with Crippen LogP contribution >= 0.6 is 11.6 Å². The molecule has 0 fully saturated rings. The fourth-order valence-electron chi connectivity index (χ4n) is 3.34. The first-order valence-electron chi connectivity index (χ1n) is 13.1. The third-order valence-corrected chi connectivity index (χ3v) is 5.33. The molecule has 0 amide bonds. The van der Waals surface area contributed by atoms with Gasteiger partial charge >= 0.3 is 5.97 Å². The maximum Gasteiger partial charge on any atom is 0.305 e. The smallest absolute Gasteiger partial charge is 0.305 e. The highest BCUT2D eigenvalue weighted by atomic mass is 35.5. The van der Waals surface area contributed by atoms with E-state index in [0.717, 1.165) is 12.8 Å². The molecule has 0 atom stereocenters. The van der Waals surface area contributed by atoms with Crippen molar-refractivity contribution in [2.24, 2.45) is 0 Å². The molecule has 0 aliphatic rings. The zero-order valence-corrected chi connectivity index (χ0v) is 21.5. The van der Waals surface area contributed by atoms with Gasteiger partial charge in [0.1, 0.15) is 6.61 Å². The molecule has 0 bridgehead atoms. The Morgan fingerprint density at radius 2 is 1.03 bits per heavy atom. The number of carbonyl (C=O) groups excluding carboxylic acids is 1. The summed E-state index contributed by atoms with van der Waals surface area (Å²) < 4.78 is 4.94. The van der Waals surface area contributed by atoms with Gasteiger partial charge in [-0.3, -0.25) is 4.79 Å². The van der Waals surface area contributed by atoms with E-state index in [9.17, 15) is 4.79 Å². The molecule has 0 saturated heterocycles. The third-order valence-electron chi connectivity index (χ3n) is 5.18. The summed E-state index contributed by atoms with van der Waals surface area (Å²) in [6.07, 6.45) is 23.2. The Bertz CT molecular complexity index is 309. The van der Waals surface area contributed by atoms with E-state index >= 15 is 0 Å². The highest BCUT2D eigenvalue weighted by molar-refractivity contribution is 6.18. The van der Waals surface area contributed by atoms with Crippen LogP contribution < -0.4 is 5.32 Å². The minimum absolute atomic E-state index is 0.0969. The summed E-state index contributed by atoms with van der Waals surface area (Å²) in [7, 11) is 0. The van der Waals surface area contributed by atoms with Crippen LogP contribution in [0.2, 0.25) is 0 Å². The minimum atomic E-state index is -0.0969. The lowest BCUT2D eigenvalue weighted by Gasteiger charge is -2.04. The maximum atomic E-state index is 11.3. The predicted molar refractivity (Wildman–Crippen MR) is 135 cm³/mol. The molecule has 182 valence electrons. The van der Waals surface area contributed by atoms with Crippen molar-refractivity contribution in [3.8, 4) is 0 Å². The number of alkyl halides is 1. The lowest BCUT2D eigenvalue weighted by Crippen LogP contribution is -2.14. The van der Waals surface area contributed by atoms with Crippen molar-refractivity contribution < 1.29 is 9.53 Å². The second-order valence-electron chi connectivity index (χ2n) is 8.36. The van der Waals surface area contributed by atoms with Crippen molar-refractivity contribution in [3.05, 3.63) is 0 Å². The summed E-state index contributed by atoms with van der Waals surface area (Å²) in [6.45, 7) is 9.34. The van der Waals surface area contributed by atoms with Crippen molar-refractivity contribution in [2.75, 3.05) is 25.6 Å². The lowest BCUT2D eigenvalue weighted by molar-refractivity contribution is -0.143. The van der Waals surface area contributed by atoms with Crippen LogP contribution in [0.25, 0.3) is 0 Å². The SMILES string of the molecule is CCCCCCCCCCCCCCCCCC(=O)OCCCl.CCCNCCC. The van der Waals surface area contributed by atoms with Crippen LogP contribution in [0.4, 0.5) is 0 Å². The van der Waals surface area contributed by atoms with Gasteiger partial charge in [-0.25, -0.2) is 0 Å². The van der Waals surface area contributed by atoms with E-state index in [1.54, 1.807) is 0 Å². The Hall–Kier alpha value is -0.280. The third kappa shape index (κ3) is 32.4. The van der Waals surface area contributed by atoms with Crippen molar-refractivity contribution in [1.29, 1.82) is 0 Å². The summed E-state index contributed by atoms with van der Waals surface area (Å²) in [5.74, 6) is 0.297. The molecule has 0 radical (unpaired) electrons. The van der Waals surface area contributed by atoms with Crippen LogP contribution in [0.15, 0.2) is 0 Å². The molecule has 4 heteroatoms. The van der Waals surface area contributed by atoms with Gasteiger partial charge < -0.3 is 10.1 Å². The fourth-order valence-corrected chi connectivity index (χ4v) is 3.42. The number of hydrogen-bond acceptors (Lipinski definition) is 3. The second-order valence-corrected chi connectivity index (χ2v) is 8.74. The molecule has 3 nitrogen and oxygen atoms in total. The summed E-state index contributed by atoms with van der Waals surface area (Å²) in [4.78, 5) is 11.3. The van der Waals surface area contributed by atoms with Crippen LogP contribution in [0, 0.1) is 0 Å². The predicted octanol–water partition coefficient (Wildman–Crippen LogP) is 8.43. The molecule has 0 aromatic heterocycles. The van der Waals surface area contributed by atoms with Crippen molar-refractivity contribution in [2.45, 2.75) is 136 Å². The van der Waals surface area contributed by atoms with E-state index < -0.39 is 0 Å². The molecule has 0 spiro atoms. The maximum absolute atomic E-state index is 11.3. The highest BCUT2D eigenvalue weighted by Gasteiger charge is 2.01. The van der Waals surface area contributed by atoms with Gasteiger partial charge in [-0.05, 0) is 32.4 Å². The van der Waals surface area contributed by atoms with Crippen LogP contribution in [0.5, 0.6) is 0 Å². The van der Waals surface area contributed by atoms with Gasteiger partial charge in [0.05, 0.1) is 5.88 Å². The first kappa shape index (κ1) is 31.9. The number of esters is 1. The Labute approximate surface area is 194 Å². The molecule has 0 unspecified atom stereocenters. The van der Waals surface area contributed by atoms with Crippen LogP contribution in [0.3, 0.4) is 0 Å². The number of rotatable bonds is 22. The topological polar surface area (TPSA) is 38.3 Å². The van der Waals surface area contributed by atoms with E-state index in [1.807, 2.05) is 0 Å². The van der Waals surface area contributed by atoms with Crippen LogP contribution in [-0.4, -0.2) is 31.5 Å². The van der Waals surface area contributed by atoms with E-state index in [0.29, 0.717) is 18.9 Å². The van der Waals surface area contributed by atoms with E-state index in [4.69, 9.17) is 16.3 Å². The van der Waals surface area contributed by atoms with Gasteiger partial charge in [0.15, 0.2) is 0 Å². The molecule has 0 heterocycles. The highest BCUT2D eigenvalue weighted by Crippen LogP contribution is 2.13. The van der Waals surface area contributed by atoms with Crippen molar-refractivity contribution >= 4 is 17.6 Å². The first-order chi connectivity index (χ1) is 14.7. The molecule has 0 aromatic carbocycles. The quantitative estimate of drug-likeness (QED) is 0.103. The zero-order chi connectivity index (χ0) is 22.5. The Balaban J connectivity index is 0. The first-order valence-corrected chi connectivity index (χ1v) is 13.7. The summed E-state index contributed by atoms with van der Waals surface area (Å²) in [5.41, 5.74) is 0. The Morgan fingerprint density at radius 1 is 0.633 bits per heavy atom. The van der Waals surface area contributed by atoms with E-state index in [2.05, 4.69) is 26.1 Å². The molecule has 0 rings (SSSR count). The Kier molecular flexibility index (Phi) is 32.9. The molecular weight excluding hydrogens is 394 g/mol. The van der Waals surface area contributed by atoms with Crippen molar-refractivity contribution in [3.63, 3.8) is 0 Å². The molecule has 30 heavy (non-hydrogen) atoms. The second kappa shape index (κ2) is 30.9. The van der Waals surface area contributed by atoms with Gasteiger partial charge in [0, 0.05) is 6.42 Å². The number of ether oxygens (including phenoxy) is 1. The molecule has 0 saturated carbocycles. The summed E-state index contributed by atoms with van der Waals surface area (Å²) in [6, 6.07) is 0. The average molecular weight is 448 g/mol. The fraction of sp³-hybridized carbons (Fsp3) is 0.962. The number of unbranched alkanes of at least 4 members (excludes halogenated alkanes) is 14. The molecule has 0 aromatic rings. The van der Waals surface area contributed by atoms with Gasteiger partial charge in [-0.1, -0.05) is 111 Å². The Morgan fingerprint density at radius 3 is 1.40 bits per heavy atom. The van der Waals surface area contributed by atoms with Gasteiger partial charge in [0.25, 0.3) is 0 Å². The van der Waals surface area contributed by atoms with Crippen molar-refractivity contribution in [1.82, 2.24) is 5.32 Å². The number of hydrogen-bond donors (Lipinski definition) is 1. The lowest BCUT2D eigenvalue weighted by atomic mass is 10.0. The monoisotopic (exact) mass is 447 g/mol. The minimum Gasteiger partial charge on any atom is -0.464 e. The molecule has 0 aliphatic heterocycles. The van der Waals surface area contributed by atoms with Gasteiger partial charge in [-0.15, -0.1) is 11.6 Å². The number of nitrogens with one attached hydrogen (secondary N) is 1. The van der Waals surface area contributed by atoms with Gasteiger partial charge in [0.2, 0.25) is 0 Å². The molecular formula is C26H54ClNO2. The number of carbonyl (C=O) groups is 1. The zero-order valence-electron chi connectivity index (χ0n) is 20.8. The largest absolute Gasteiger partial charge is 0.464 e. The average Bonchev–Trinajstić information content (AvgIpc) is 2.76. The molecule has 1 N–H and O–H groups in total. The standard InChI is InChI=1S/C20H39ClO2.C6H15N/c1-2-3-4-5-6-7-8-9-10-11-12-13-14-15-16-17-20(22)23-19-18-21;1-3-5-7-6-4-2/h2-19H2,1H3;7H,3-6H2,1-2H3. The summed E-state index contributed by atoms with van der Waals surface area (Å²) >= 11 is 5.47. The number of halogens is 1. The summed E-state index contributed by atoms with van der Waals surface area (Å²) in [5, 5.41) is 3.28. The van der Waals surface area contributed by atoms with Crippen LogP contribution in [0.1, 0.15) is 136 Å². The normalized spacial score (nSPS) is 10.5. The van der Waals surface area contributed by atoms with E-state index in [-0.39, 0.29) is 5.97 Å². The van der Waals surface area contributed by atoms with Gasteiger partial charge in [-0.2, -0.15) is 0 Å². The van der Waals surface area contributed by atoms with Crippen LogP contribution in [-0.2, 0) is 9.53 Å². The molecule has 0 aliphatic carbocycles. The van der Waals surface area contributed by atoms with E-state index in [1.165, 1.54) is 109 Å².